The summed E-state index contributed by atoms with van der Waals surface area (Å²) in [6.45, 7) is 0. The van der Waals surface area contributed by atoms with Crippen LogP contribution < -0.4 is 12.4 Å². The third-order valence-corrected chi connectivity index (χ3v) is 0.576. The largest absolute Gasteiger partial charge is 2.00 e. The van der Waals surface area contributed by atoms with Crippen LogP contribution in [0.4, 0.5) is 0 Å². The monoisotopic (exact) mass is 140 g/mol. The Morgan fingerprint density at radius 1 is 1.62 bits per heavy atom. The van der Waals surface area contributed by atoms with Gasteiger partial charge in [0.1, 0.15) is 0 Å². The molecule has 0 aliphatic carbocycles. The number of aromatic nitrogens is 2. The number of hydrogen-bond donors (Lipinski definition) is 0. The van der Waals surface area contributed by atoms with E-state index in [-0.39, 0.29) is 35.5 Å². The second-order valence-electron chi connectivity index (χ2n) is 1.11. The second-order valence-corrected chi connectivity index (χ2v) is 1.11. The first-order valence-corrected chi connectivity index (χ1v) is 1.74. The van der Waals surface area contributed by atoms with Crippen LogP contribution in [0.25, 0.3) is 0 Å². The predicted octanol–water partition coefficient (Wildman–Crippen LogP) is -3.16. The number of halogens is 1. The summed E-state index contributed by atoms with van der Waals surface area (Å²) in [6, 6.07) is 2.78. The van der Waals surface area contributed by atoms with E-state index in [4.69, 9.17) is 0 Å². The molecular formula is C4H5ClMgN2. The maximum atomic E-state index is 3.78. The molecule has 0 fully saturated rings. The molecule has 0 saturated heterocycles. The van der Waals surface area contributed by atoms with Crippen molar-refractivity contribution in [3.05, 3.63) is 18.5 Å². The average Bonchev–Trinajstić information content (AvgIpc) is 1.86. The summed E-state index contributed by atoms with van der Waals surface area (Å²) in [5.41, 5.74) is 0. The van der Waals surface area contributed by atoms with Crippen LogP contribution in [-0.4, -0.2) is 32.8 Å². The molecule has 0 N–H and O–H groups in total. The van der Waals surface area contributed by atoms with E-state index in [1.807, 2.05) is 7.05 Å². The molecule has 0 aromatic carbocycles. The summed E-state index contributed by atoms with van der Waals surface area (Å²) in [7, 11) is 1.86. The fourth-order valence-corrected chi connectivity index (χ4v) is 0.299. The van der Waals surface area contributed by atoms with Gasteiger partial charge in [-0.2, -0.15) is 6.20 Å². The van der Waals surface area contributed by atoms with Crippen LogP contribution in [0, 0.1) is 6.07 Å². The van der Waals surface area contributed by atoms with Crippen LogP contribution in [0.2, 0.25) is 0 Å². The molecule has 8 heavy (non-hydrogen) atoms. The molecule has 0 spiro atoms. The molecule has 2 nitrogen and oxygen atoms in total. The van der Waals surface area contributed by atoms with Crippen LogP contribution in [-0.2, 0) is 7.05 Å². The molecule has 40 valence electrons. The first kappa shape index (κ1) is 11.1. The minimum absolute atomic E-state index is 0. The molecule has 4 heteroatoms. The minimum atomic E-state index is 0. The normalized spacial score (nSPS) is 6.62. The van der Waals surface area contributed by atoms with Crippen LogP contribution in [0.3, 0.4) is 0 Å². The van der Waals surface area contributed by atoms with Crippen molar-refractivity contribution in [1.82, 2.24) is 9.78 Å². The number of rotatable bonds is 0. The summed E-state index contributed by atoms with van der Waals surface area (Å²) in [5.74, 6) is 0. The molecule has 0 atom stereocenters. The van der Waals surface area contributed by atoms with E-state index in [1.54, 1.807) is 17.1 Å². The van der Waals surface area contributed by atoms with E-state index in [2.05, 4.69) is 11.2 Å². The molecular weight excluding hydrogens is 136 g/mol. The van der Waals surface area contributed by atoms with Gasteiger partial charge in [-0.3, -0.25) is 0 Å². The van der Waals surface area contributed by atoms with Gasteiger partial charge >= 0.3 is 23.1 Å². The van der Waals surface area contributed by atoms with Crippen molar-refractivity contribution < 1.29 is 12.4 Å². The molecule has 0 amide bonds. The fraction of sp³-hybridized carbons (Fsp3) is 0.250. The number of hydrogen-bond acceptors (Lipinski definition) is 1. The Balaban J connectivity index is 0. The van der Waals surface area contributed by atoms with E-state index in [0.717, 1.165) is 0 Å². The molecule has 1 aromatic rings. The third kappa shape index (κ3) is 3.29. The van der Waals surface area contributed by atoms with Crippen molar-refractivity contribution >= 4 is 23.1 Å². The van der Waals surface area contributed by atoms with Gasteiger partial charge in [0.25, 0.3) is 0 Å². The molecule has 1 rings (SSSR count). The zero-order valence-electron chi connectivity index (χ0n) is 4.63. The van der Waals surface area contributed by atoms with Crippen molar-refractivity contribution in [2.75, 3.05) is 0 Å². The SMILES string of the molecule is Cn1c[c-]cn1.[Cl-].[Mg+2]. The van der Waals surface area contributed by atoms with Gasteiger partial charge in [0, 0.05) is 7.05 Å². The van der Waals surface area contributed by atoms with E-state index >= 15 is 0 Å². The zero-order chi connectivity index (χ0) is 4.41. The summed E-state index contributed by atoms with van der Waals surface area (Å²) in [4.78, 5) is 0. The summed E-state index contributed by atoms with van der Waals surface area (Å²) < 4.78 is 1.69. The van der Waals surface area contributed by atoms with Crippen molar-refractivity contribution in [3.63, 3.8) is 0 Å². The van der Waals surface area contributed by atoms with Gasteiger partial charge < -0.3 is 23.2 Å². The standard InChI is InChI=1S/C4H5N2.ClH.Mg/c1-6-4-2-3-5-6;;/h3-4H,1H3;1H;/q-1;;+2/p-1. The first-order valence-electron chi connectivity index (χ1n) is 1.74. The van der Waals surface area contributed by atoms with Crippen LogP contribution in [0.5, 0.6) is 0 Å². The molecule has 1 aromatic heterocycles. The molecule has 0 aliphatic rings. The topological polar surface area (TPSA) is 17.8 Å². The van der Waals surface area contributed by atoms with Gasteiger partial charge in [-0.15, -0.1) is 6.20 Å². The molecule has 0 radical (unpaired) electrons. The Hall–Kier alpha value is 0.266. The van der Waals surface area contributed by atoms with E-state index in [1.165, 1.54) is 0 Å². The van der Waals surface area contributed by atoms with Crippen LogP contribution in [0.1, 0.15) is 0 Å². The van der Waals surface area contributed by atoms with Gasteiger partial charge in [-0.1, -0.05) is 0 Å². The zero-order valence-corrected chi connectivity index (χ0v) is 6.80. The van der Waals surface area contributed by atoms with Gasteiger partial charge in [0.05, 0.1) is 0 Å². The van der Waals surface area contributed by atoms with Gasteiger partial charge in [-0.25, -0.2) is 5.10 Å². The molecule has 0 aliphatic heterocycles. The van der Waals surface area contributed by atoms with E-state index in [9.17, 15) is 0 Å². The van der Waals surface area contributed by atoms with Crippen molar-refractivity contribution in [2.24, 2.45) is 7.05 Å². The average molecular weight is 141 g/mol. The summed E-state index contributed by atoms with van der Waals surface area (Å²) in [6.07, 6.45) is 3.39. The molecule has 0 bridgehead atoms. The molecule has 0 saturated carbocycles. The van der Waals surface area contributed by atoms with Crippen molar-refractivity contribution in [2.45, 2.75) is 0 Å². The minimum Gasteiger partial charge on any atom is -1.00 e. The fourth-order valence-electron chi connectivity index (χ4n) is 0.299. The van der Waals surface area contributed by atoms with Crippen LogP contribution in [0.15, 0.2) is 12.4 Å². The number of aryl methyl sites for hydroxylation is 1. The summed E-state index contributed by atoms with van der Waals surface area (Å²) in [5, 5.41) is 3.78. The van der Waals surface area contributed by atoms with E-state index in [0.29, 0.717) is 0 Å². The van der Waals surface area contributed by atoms with Gasteiger partial charge in [-0.05, 0) is 0 Å². The smallest absolute Gasteiger partial charge is 1.00 e. The van der Waals surface area contributed by atoms with Gasteiger partial charge in [0.15, 0.2) is 0 Å². The quantitative estimate of drug-likeness (QED) is 0.275. The predicted molar refractivity (Wildman–Crippen MR) is 27.8 cm³/mol. The maximum absolute atomic E-state index is 3.78. The summed E-state index contributed by atoms with van der Waals surface area (Å²) >= 11 is 0. The Kier molecular flexibility index (Phi) is 7.51. The maximum Gasteiger partial charge on any atom is 2.00 e. The van der Waals surface area contributed by atoms with Gasteiger partial charge in [0.2, 0.25) is 0 Å². The Morgan fingerprint density at radius 3 is 2.38 bits per heavy atom. The molecule has 0 unspecified atom stereocenters. The number of nitrogens with zero attached hydrogens (tertiary/aromatic N) is 2. The van der Waals surface area contributed by atoms with Crippen LogP contribution >= 0.6 is 0 Å². The Labute approximate surface area is 70.8 Å². The van der Waals surface area contributed by atoms with E-state index < -0.39 is 0 Å². The van der Waals surface area contributed by atoms with Crippen molar-refractivity contribution in [3.8, 4) is 0 Å². The first-order chi connectivity index (χ1) is 2.89. The molecule has 1 heterocycles. The van der Waals surface area contributed by atoms with Crippen molar-refractivity contribution in [1.29, 1.82) is 0 Å². The Morgan fingerprint density at radius 2 is 2.25 bits per heavy atom. The third-order valence-electron chi connectivity index (χ3n) is 0.576. The second kappa shape index (κ2) is 5.40. The Bertz CT molecular complexity index is 118.